The predicted molar refractivity (Wildman–Crippen MR) is 111 cm³/mol. The van der Waals surface area contributed by atoms with E-state index >= 15 is 0 Å². The summed E-state index contributed by atoms with van der Waals surface area (Å²) in [4.78, 5) is 30.7. The van der Waals surface area contributed by atoms with Gasteiger partial charge in [0.1, 0.15) is 5.75 Å². The molecule has 0 N–H and O–H groups in total. The fraction of sp³-hybridized carbons (Fsp3) is 0.227. The van der Waals surface area contributed by atoms with E-state index in [-0.39, 0.29) is 18.5 Å². The molecule has 0 saturated carbocycles. The topological polar surface area (TPSA) is 68.7 Å². The largest absolute Gasteiger partial charge is 0.482 e. The zero-order valence-corrected chi connectivity index (χ0v) is 17.0. The van der Waals surface area contributed by atoms with Gasteiger partial charge in [-0.1, -0.05) is 12.1 Å². The Labute approximate surface area is 172 Å². The molecule has 0 fully saturated rings. The number of carbonyl (C=O) groups excluding carboxylic acids is 2. The van der Waals surface area contributed by atoms with Crippen molar-refractivity contribution < 1.29 is 19.1 Å². The summed E-state index contributed by atoms with van der Waals surface area (Å²) in [7, 11) is 0. The number of hydrogen-bond donors (Lipinski definition) is 0. The predicted octanol–water partition coefficient (Wildman–Crippen LogP) is 4.22. The van der Waals surface area contributed by atoms with Crippen LogP contribution >= 0.6 is 11.3 Å². The first kappa shape index (κ1) is 19.1. The third-order valence-electron chi connectivity index (χ3n) is 4.62. The number of ether oxygens (including phenoxy) is 2. The van der Waals surface area contributed by atoms with Gasteiger partial charge in [0.2, 0.25) is 0 Å². The van der Waals surface area contributed by atoms with Gasteiger partial charge in [-0.3, -0.25) is 4.79 Å². The molecule has 7 heteroatoms. The smallest absolute Gasteiger partial charge is 0.338 e. The normalized spacial score (nSPS) is 13.0. The van der Waals surface area contributed by atoms with Crippen LogP contribution in [0.3, 0.4) is 0 Å². The molecule has 3 aromatic rings. The number of esters is 1. The molecule has 2 aromatic carbocycles. The SMILES string of the molecule is CCOC(=O)c1ccc(CN2C(=O)COc3ccc(-c4csc(C)n4)cc32)cc1. The molecule has 1 amide bonds. The van der Waals surface area contributed by atoms with Gasteiger partial charge in [0.05, 0.1) is 35.1 Å². The fourth-order valence-electron chi connectivity index (χ4n) is 3.17. The fourth-order valence-corrected chi connectivity index (χ4v) is 3.80. The van der Waals surface area contributed by atoms with Crippen molar-refractivity contribution in [3.8, 4) is 17.0 Å². The number of thiazole rings is 1. The maximum atomic E-state index is 12.6. The Kier molecular flexibility index (Phi) is 5.31. The molecule has 0 unspecified atom stereocenters. The Morgan fingerprint density at radius 2 is 2.03 bits per heavy atom. The first-order valence-electron chi connectivity index (χ1n) is 9.31. The van der Waals surface area contributed by atoms with E-state index in [0.717, 1.165) is 27.5 Å². The highest BCUT2D eigenvalue weighted by molar-refractivity contribution is 7.09. The van der Waals surface area contributed by atoms with E-state index in [1.54, 1.807) is 35.3 Å². The van der Waals surface area contributed by atoms with Crippen LogP contribution in [0.1, 0.15) is 27.9 Å². The Balaban J connectivity index is 1.61. The van der Waals surface area contributed by atoms with Gasteiger partial charge in [0.25, 0.3) is 5.91 Å². The highest BCUT2D eigenvalue weighted by Gasteiger charge is 2.26. The molecule has 6 nitrogen and oxygen atoms in total. The standard InChI is InChI=1S/C22H20N2O4S/c1-3-27-22(26)16-6-4-15(5-7-16)11-24-19-10-17(18-13-29-14(2)23-18)8-9-20(19)28-12-21(24)25/h4-10,13H,3,11-12H2,1-2H3. The molecule has 0 aliphatic carbocycles. The summed E-state index contributed by atoms with van der Waals surface area (Å²) in [6, 6.07) is 12.9. The van der Waals surface area contributed by atoms with Crippen molar-refractivity contribution in [1.29, 1.82) is 0 Å². The van der Waals surface area contributed by atoms with Crippen LogP contribution in [0.4, 0.5) is 5.69 Å². The Morgan fingerprint density at radius 3 is 2.72 bits per heavy atom. The number of aromatic nitrogens is 1. The van der Waals surface area contributed by atoms with E-state index in [4.69, 9.17) is 9.47 Å². The summed E-state index contributed by atoms with van der Waals surface area (Å²) in [5.74, 6) is 0.206. The number of fused-ring (bicyclic) bond motifs is 1. The number of amides is 1. The van der Waals surface area contributed by atoms with Crippen LogP contribution in [-0.2, 0) is 16.1 Å². The molecule has 0 radical (unpaired) electrons. The van der Waals surface area contributed by atoms with Gasteiger partial charge in [-0.15, -0.1) is 11.3 Å². The summed E-state index contributed by atoms with van der Waals surface area (Å²) in [5.41, 5.74) is 3.94. The Bertz CT molecular complexity index is 1060. The van der Waals surface area contributed by atoms with Crippen LogP contribution in [0.15, 0.2) is 47.8 Å². The minimum absolute atomic E-state index is 0.00304. The van der Waals surface area contributed by atoms with Gasteiger partial charge >= 0.3 is 5.97 Å². The van der Waals surface area contributed by atoms with Gasteiger partial charge in [-0.05, 0) is 49.7 Å². The van der Waals surface area contributed by atoms with Crippen molar-refractivity contribution in [2.24, 2.45) is 0 Å². The van der Waals surface area contributed by atoms with Gasteiger partial charge in [-0.25, -0.2) is 9.78 Å². The van der Waals surface area contributed by atoms with Crippen LogP contribution in [0, 0.1) is 6.92 Å². The molecule has 1 aliphatic heterocycles. The Hall–Kier alpha value is -3.19. The van der Waals surface area contributed by atoms with Crippen molar-refractivity contribution in [2.45, 2.75) is 20.4 Å². The Morgan fingerprint density at radius 1 is 1.24 bits per heavy atom. The third kappa shape index (κ3) is 4.00. The monoisotopic (exact) mass is 408 g/mol. The molecule has 29 heavy (non-hydrogen) atoms. The van der Waals surface area contributed by atoms with Crippen LogP contribution < -0.4 is 9.64 Å². The highest BCUT2D eigenvalue weighted by Crippen LogP contribution is 2.37. The van der Waals surface area contributed by atoms with E-state index in [0.29, 0.717) is 24.5 Å². The second-order valence-corrected chi connectivity index (χ2v) is 7.68. The van der Waals surface area contributed by atoms with Crippen molar-refractivity contribution in [3.05, 3.63) is 64.0 Å². The summed E-state index contributed by atoms with van der Waals surface area (Å²) in [6.45, 7) is 4.46. The van der Waals surface area contributed by atoms with Crippen molar-refractivity contribution in [2.75, 3.05) is 18.1 Å². The molecule has 0 saturated heterocycles. The highest BCUT2D eigenvalue weighted by atomic mass is 32.1. The van der Waals surface area contributed by atoms with Gasteiger partial charge in [0, 0.05) is 10.9 Å². The zero-order valence-electron chi connectivity index (χ0n) is 16.2. The maximum Gasteiger partial charge on any atom is 0.338 e. The number of anilines is 1. The average molecular weight is 408 g/mol. The molecule has 0 spiro atoms. The third-order valence-corrected chi connectivity index (χ3v) is 5.40. The molecular weight excluding hydrogens is 388 g/mol. The summed E-state index contributed by atoms with van der Waals surface area (Å²) < 4.78 is 10.6. The molecule has 4 rings (SSSR count). The van der Waals surface area contributed by atoms with Crippen molar-refractivity contribution in [1.82, 2.24) is 4.98 Å². The lowest BCUT2D eigenvalue weighted by molar-refractivity contribution is -0.121. The first-order chi connectivity index (χ1) is 14.0. The number of aryl methyl sites for hydroxylation is 1. The molecule has 148 valence electrons. The zero-order chi connectivity index (χ0) is 20.4. The van der Waals surface area contributed by atoms with E-state index in [1.807, 2.05) is 42.6 Å². The van der Waals surface area contributed by atoms with Gasteiger partial charge < -0.3 is 14.4 Å². The quantitative estimate of drug-likeness (QED) is 0.591. The number of benzene rings is 2. The van der Waals surface area contributed by atoms with Crippen LogP contribution in [0.5, 0.6) is 5.75 Å². The minimum Gasteiger partial charge on any atom is -0.482 e. The number of hydrogen-bond acceptors (Lipinski definition) is 6. The lowest BCUT2D eigenvalue weighted by Crippen LogP contribution is -2.38. The van der Waals surface area contributed by atoms with Gasteiger partial charge in [0.15, 0.2) is 6.61 Å². The van der Waals surface area contributed by atoms with E-state index in [9.17, 15) is 9.59 Å². The van der Waals surface area contributed by atoms with Crippen LogP contribution in [0.2, 0.25) is 0 Å². The summed E-state index contributed by atoms with van der Waals surface area (Å²) >= 11 is 1.59. The molecule has 1 aromatic heterocycles. The second kappa shape index (κ2) is 8.05. The number of rotatable bonds is 5. The number of carbonyl (C=O) groups is 2. The minimum atomic E-state index is -0.352. The molecule has 0 bridgehead atoms. The van der Waals surface area contributed by atoms with Gasteiger partial charge in [-0.2, -0.15) is 0 Å². The van der Waals surface area contributed by atoms with E-state index in [1.165, 1.54) is 0 Å². The molecular formula is C22H20N2O4S. The number of nitrogens with zero attached hydrogens (tertiary/aromatic N) is 2. The van der Waals surface area contributed by atoms with Crippen LogP contribution in [-0.4, -0.2) is 30.1 Å². The summed E-state index contributed by atoms with van der Waals surface area (Å²) in [5, 5.41) is 2.99. The maximum absolute atomic E-state index is 12.6. The first-order valence-corrected chi connectivity index (χ1v) is 10.2. The lowest BCUT2D eigenvalue weighted by Gasteiger charge is -2.30. The average Bonchev–Trinajstić information content (AvgIpc) is 3.17. The molecule has 2 heterocycles. The van der Waals surface area contributed by atoms with Crippen molar-refractivity contribution in [3.63, 3.8) is 0 Å². The lowest BCUT2D eigenvalue weighted by atomic mass is 10.1. The summed E-state index contributed by atoms with van der Waals surface area (Å²) in [6.07, 6.45) is 0. The van der Waals surface area contributed by atoms with Crippen molar-refractivity contribution >= 4 is 28.9 Å². The van der Waals surface area contributed by atoms with E-state index < -0.39 is 0 Å². The van der Waals surface area contributed by atoms with E-state index in [2.05, 4.69) is 4.98 Å². The molecule has 1 aliphatic rings. The molecule has 0 atom stereocenters. The second-order valence-electron chi connectivity index (χ2n) is 6.62. The van der Waals surface area contributed by atoms with Crippen LogP contribution in [0.25, 0.3) is 11.3 Å².